The Morgan fingerprint density at radius 1 is 1.36 bits per heavy atom. The van der Waals surface area contributed by atoms with Gasteiger partial charge in [0, 0.05) is 5.41 Å². The molecule has 3 rings (SSSR count). The van der Waals surface area contributed by atoms with Crippen molar-refractivity contribution in [2.45, 2.75) is 59.3 Å². The molecule has 1 saturated carbocycles. The van der Waals surface area contributed by atoms with Crippen molar-refractivity contribution in [3.63, 3.8) is 0 Å². The first-order chi connectivity index (χ1) is 10.5. The number of hydrogen-bond acceptors (Lipinski definition) is 2. The molecule has 0 unspecified atom stereocenters. The van der Waals surface area contributed by atoms with E-state index >= 15 is 0 Å². The number of rotatable bonds is 4. The highest BCUT2D eigenvalue weighted by Crippen LogP contribution is 2.61. The summed E-state index contributed by atoms with van der Waals surface area (Å²) in [7, 11) is 0. The fraction of sp³-hybridized carbons (Fsp3) is 0.700. The molecule has 0 amide bonds. The maximum atomic E-state index is 10.3. The van der Waals surface area contributed by atoms with E-state index in [2.05, 4.69) is 32.9 Å². The van der Waals surface area contributed by atoms with Crippen LogP contribution < -0.4 is 0 Å². The van der Waals surface area contributed by atoms with Gasteiger partial charge in [0.15, 0.2) is 0 Å². The van der Waals surface area contributed by atoms with Crippen LogP contribution in [0.3, 0.4) is 0 Å². The lowest BCUT2D eigenvalue weighted by atomic mass is 9.46. The zero-order chi connectivity index (χ0) is 15.8. The summed E-state index contributed by atoms with van der Waals surface area (Å²) in [4.78, 5) is 0. The van der Waals surface area contributed by atoms with Crippen LogP contribution in [0.5, 0.6) is 0 Å². The summed E-state index contributed by atoms with van der Waals surface area (Å²) in [6.07, 6.45) is 13.1. The van der Waals surface area contributed by atoms with Gasteiger partial charge >= 0.3 is 0 Å². The van der Waals surface area contributed by atoms with E-state index in [1.54, 1.807) is 6.26 Å². The summed E-state index contributed by atoms with van der Waals surface area (Å²) in [5.74, 6) is 1.32. The fourth-order valence-corrected chi connectivity index (χ4v) is 5.28. The van der Waals surface area contributed by atoms with Crippen molar-refractivity contribution in [3.8, 4) is 0 Å². The fourth-order valence-electron chi connectivity index (χ4n) is 5.28. The number of fused-ring (bicyclic) bond motifs is 1. The topological polar surface area (TPSA) is 33.4 Å². The molecule has 0 aromatic carbocycles. The van der Waals surface area contributed by atoms with Crippen LogP contribution in [0.2, 0.25) is 0 Å². The van der Waals surface area contributed by atoms with Crippen LogP contribution in [0.1, 0.15) is 58.4 Å². The Kier molecular flexibility index (Phi) is 4.24. The second-order valence-corrected chi connectivity index (χ2v) is 7.91. The summed E-state index contributed by atoms with van der Waals surface area (Å²) < 4.78 is 5.23. The number of allylic oxidation sites excluding steroid dienone is 1. The lowest BCUT2D eigenvalue weighted by Gasteiger charge is -2.58. The van der Waals surface area contributed by atoms with Crippen molar-refractivity contribution >= 4 is 0 Å². The number of aliphatic hydroxyl groups excluding tert-OH is 1. The van der Waals surface area contributed by atoms with E-state index in [0.29, 0.717) is 17.9 Å². The summed E-state index contributed by atoms with van der Waals surface area (Å²) in [5.41, 5.74) is 3.08. The number of aliphatic hydroxyl groups is 1. The van der Waals surface area contributed by atoms with Gasteiger partial charge in [-0.3, -0.25) is 0 Å². The van der Waals surface area contributed by atoms with Gasteiger partial charge in [0.2, 0.25) is 0 Å². The first-order valence-electron chi connectivity index (χ1n) is 8.82. The van der Waals surface area contributed by atoms with E-state index in [9.17, 15) is 5.11 Å². The van der Waals surface area contributed by atoms with Crippen LogP contribution >= 0.6 is 0 Å². The van der Waals surface area contributed by atoms with Gasteiger partial charge in [0.05, 0.1) is 19.1 Å². The van der Waals surface area contributed by atoms with Crippen LogP contribution in [-0.2, 0) is 6.42 Å². The van der Waals surface area contributed by atoms with E-state index in [1.165, 1.54) is 36.8 Å². The van der Waals surface area contributed by atoms with Crippen molar-refractivity contribution in [3.05, 3.63) is 35.8 Å². The van der Waals surface area contributed by atoms with Gasteiger partial charge in [0.25, 0.3) is 0 Å². The third-order valence-corrected chi connectivity index (χ3v) is 7.12. The van der Waals surface area contributed by atoms with Gasteiger partial charge in [-0.15, -0.1) is 0 Å². The highest BCUT2D eigenvalue weighted by molar-refractivity contribution is 5.22. The van der Waals surface area contributed by atoms with Crippen molar-refractivity contribution in [2.24, 2.45) is 22.7 Å². The molecule has 1 aromatic heterocycles. The normalized spacial score (nSPS) is 38.5. The van der Waals surface area contributed by atoms with E-state index < -0.39 is 0 Å². The minimum atomic E-state index is 0.0376. The van der Waals surface area contributed by atoms with Gasteiger partial charge in [-0.2, -0.15) is 0 Å². The van der Waals surface area contributed by atoms with Crippen molar-refractivity contribution in [2.75, 3.05) is 6.61 Å². The van der Waals surface area contributed by atoms with Gasteiger partial charge in [-0.1, -0.05) is 25.5 Å². The van der Waals surface area contributed by atoms with Crippen LogP contribution in [0, 0.1) is 22.7 Å². The molecule has 2 aliphatic carbocycles. The van der Waals surface area contributed by atoms with Gasteiger partial charge in [0.1, 0.15) is 0 Å². The molecule has 2 nitrogen and oxygen atoms in total. The Morgan fingerprint density at radius 3 is 2.86 bits per heavy atom. The number of aryl methyl sites for hydroxylation is 1. The lowest BCUT2D eigenvalue weighted by molar-refractivity contribution is -0.0787. The second-order valence-electron chi connectivity index (χ2n) is 7.91. The molecule has 2 heteroatoms. The predicted octanol–water partition coefficient (Wildman–Crippen LogP) is 4.98. The van der Waals surface area contributed by atoms with Crippen molar-refractivity contribution < 1.29 is 9.52 Å². The maximum absolute atomic E-state index is 10.3. The number of hydrogen-bond donors (Lipinski definition) is 1. The Bertz CT molecular complexity index is 530. The smallest absolute Gasteiger partial charge is 0.0934 e. The second kappa shape index (κ2) is 5.88. The third-order valence-electron chi connectivity index (χ3n) is 7.12. The molecule has 0 saturated heterocycles. The van der Waals surface area contributed by atoms with Crippen molar-refractivity contribution in [1.82, 2.24) is 0 Å². The van der Waals surface area contributed by atoms with E-state index in [-0.39, 0.29) is 5.41 Å². The molecule has 4 atom stereocenters. The molecule has 0 spiro atoms. The summed E-state index contributed by atoms with van der Waals surface area (Å²) >= 11 is 0. The summed E-state index contributed by atoms with van der Waals surface area (Å²) in [5, 5.41) is 10.3. The predicted molar refractivity (Wildman–Crippen MR) is 89.5 cm³/mol. The largest absolute Gasteiger partial charge is 0.472 e. The Morgan fingerprint density at radius 2 is 2.18 bits per heavy atom. The van der Waals surface area contributed by atoms with Crippen LogP contribution in [-0.4, -0.2) is 11.7 Å². The average Bonchev–Trinajstić information content (AvgIpc) is 3.04. The monoisotopic (exact) mass is 302 g/mol. The van der Waals surface area contributed by atoms with E-state index in [1.807, 2.05) is 6.26 Å². The maximum Gasteiger partial charge on any atom is 0.0934 e. The SMILES string of the molecule is CC1=CCC[C@@H]2[C@@]1(CO)CC[C@@H](C)[C@@]2(C)CCc1ccoc1. The molecule has 0 radical (unpaired) electrons. The minimum Gasteiger partial charge on any atom is -0.472 e. The summed E-state index contributed by atoms with van der Waals surface area (Å²) in [6, 6.07) is 2.09. The zero-order valence-electron chi connectivity index (χ0n) is 14.3. The first kappa shape index (κ1) is 15.9. The molecular weight excluding hydrogens is 272 g/mol. The Hall–Kier alpha value is -1.02. The quantitative estimate of drug-likeness (QED) is 0.795. The highest BCUT2D eigenvalue weighted by atomic mass is 16.3. The van der Waals surface area contributed by atoms with E-state index in [0.717, 1.165) is 18.8 Å². The minimum absolute atomic E-state index is 0.0376. The molecule has 0 aliphatic heterocycles. The van der Waals surface area contributed by atoms with E-state index in [4.69, 9.17) is 4.42 Å². The highest BCUT2D eigenvalue weighted by Gasteiger charge is 2.54. The summed E-state index contributed by atoms with van der Waals surface area (Å²) in [6.45, 7) is 7.46. The van der Waals surface area contributed by atoms with Crippen LogP contribution in [0.4, 0.5) is 0 Å². The van der Waals surface area contributed by atoms with Crippen molar-refractivity contribution in [1.29, 1.82) is 0 Å². The van der Waals surface area contributed by atoms with Gasteiger partial charge in [-0.25, -0.2) is 0 Å². The van der Waals surface area contributed by atoms with Crippen LogP contribution in [0.15, 0.2) is 34.7 Å². The molecule has 1 N–H and O–H groups in total. The Labute approximate surface area is 134 Å². The standard InChI is InChI=1S/C20H30O2/c1-15-7-11-20(14-21)16(2)5-4-6-18(20)19(15,3)10-8-17-9-12-22-13-17/h5,9,12-13,15,18,21H,4,6-8,10-11,14H2,1-3H3/t15-,18+,19-,20-/m1/s1. The molecule has 0 bridgehead atoms. The molecule has 2 aliphatic rings. The van der Waals surface area contributed by atoms with Crippen LogP contribution in [0.25, 0.3) is 0 Å². The van der Waals surface area contributed by atoms with Gasteiger partial charge < -0.3 is 9.52 Å². The molecule has 122 valence electrons. The molecular formula is C20H30O2. The first-order valence-corrected chi connectivity index (χ1v) is 8.82. The number of furan rings is 1. The third kappa shape index (κ3) is 2.36. The molecule has 1 aromatic rings. The average molecular weight is 302 g/mol. The zero-order valence-corrected chi connectivity index (χ0v) is 14.3. The lowest BCUT2D eigenvalue weighted by Crippen LogP contribution is -2.52. The van der Waals surface area contributed by atoms with Gasteiger partial charge in [-0.05, 0) is 74.3 Å². The molecule has 1 fully saturated rings. The Balaban J connectivity index is 1.88. The molecule has 1 heterocycles. The molecule has 22 heavy (non-hydrogen) atoms.